The molecule has 26 heavy (non-hydrogen) atoms. The molecule has 1 fully saturated rings. The molecule has 0 aliphatic heterocycles. The fourth-order valence-corrected chi connectivity index (χ4v) is 4.35. The number of aryl methyl sites for hydroxylation is 1. The molecule has 0 amide bonds. The van der Waals surface area contributed by atoms with Gasteiger partial charge in [-0.25, -0.2) is 13.1 Å². The first-order valence-electron chi connectivity index (χ1n) is 8.33. The molecule has 136 valence electrons. The van der Waals surface area contributed by atoms with Gasteiger partial charge in [-0.15, -0.1) is 0 Å². The van der Waals surface area contributed by atoms with Crippen molar-refractivity contribution in [1.82, 2.24) is 24.6 Å². The van der Waals surface area contributed by atoms with E-state index in [2.05, 4.69) is 20.0 Å². The van der Waals surface area contributed by atoms with Crippen molar-refractivity contribution in [1.29, 1.82) is 0 Å². The average molecular weight is 373 g/mol. The maximum Gasteiger partial charge on any atom is 0.244 e. The number of aromatic nitrogens is 4. The normalized spacial score (nSPS) is 17.2. The van der Waals surface area contributed by atoms with Crippen LogP contribution in [0.4, 0.5) is 0 Å². The zero-order valence-corrected chi connectivity index (χ0v) is 15.3. The summed E-state index contributed by atoms with van der Waals surface area (Å²) in [5, 5.41) is 8.11. The van der Waals surface area contributed by atoms with Crippen LogP contribution in [0, 0.1) is 12.8 Å². The van der Waals surface area contributed by atoms with Crippen molar-refractivity contribution >= 4 is 10.0 Å². The lowest BCUT2D eigenvalue weighted by molar-refractivity contribution is 0.323. The first-order valence-corrected chi connectivity index (χ1v) is 9.82. The van der Waals surface area contributed by atoms with Gasteiger partial charge in [-0.2, -0.15) is 14.8 Å². The van der Waals surface area contributed by atoms with E-state index in [1.54, 1.807) is 13.8 Å². The number of rotatable bonds is 6. The number of benzene rings is 1. The third-order valence-corrected chi connectivity index (χ3v) is 6.15. The highest BCUT2D eigenvalue weighted by atomic mass is 32.2. The summed E-state index contributed by atoms with van der Waals surface area (Å²) in [7, 11) is -3.80. The Balaban J connectivity index is 1.65. The summed E-state index contributed by atoms with van der Waals surface area (Å²) in [6.07, 6.45) is 4.66. The average Bonchev–Trinajstić information content (AvgIpc) is 3.18. The van der Waals surface area contributed by atoms with Gasteiger partial charge >= 0.3 is 0 Å². The van der Waals surface area contributed by atoms with E-state index in [1.807, 2.05) is 30.3 Å². The van der Waals surface area contributed by atoms with Crippen molar-refractivity contribution in [3.05, 3.63) is 54.4 Å². The number of sulfonamides is 1. The number of para-hydroxylation sites is 1. The van der Waals surface area contributed by atoms with Gasteiger partial charge in [0, 0.05) is 6.92 Å². The lowest BCUT2D eigenvalue weighted by atomic mass is 9.97. The second kappa shape index (κ2) is 6.03. The largest absolute Gasteiger partial charge is 0.340 e. The topological polar surface area (TPSA) is 103 Å². The van der Waals surface area contributed by atoms with E-state index < -0.39 is 15.6 Å². The molecule has 0 bridgehead atoms. The van der Waals surface area contributed by atoms with Gasteiger partial charge in [0.05, 0.1) is 23.6 Å². The Bertz CT molecular complexity index is 1020. The van der Waals surface area contributed by atoms with Crippen LogP contribution >= 0.6 is 0 Å². The highest BCUT2D eigenvalue weighted by Crippen LogP contribution is 2.45. The molecule has 0 spiro atoms. The van der Waals surface area contributed by atoms with Crippen LogP contribution in [-0.2, 0) is 15.6 Å². The Labute approximate surface area is 151 Å². The standard InChI is InChI=1S/C17H19N5O3S/c1-12-19-16(20-25-12)17(2,13-8-9-13)21-26(23,24)15-10-18-22(11-15)14-6-4-3-5-7-14/h3-7,10-11,13,21H,8-9H2,1-2H3. The van der Waals surface area contributed by atoms with Crippen molar-refractivity contribution in [3.8, 4) is 5.69 Å². The van der Waals surface area contributed by atoms with Crippen molar-refractivity contribution in [2.24, 2.45) is 5.92 Å². The molecule has 2 heterocycles. The molecule has 1 saturated carbocycles. The predicted octanol–water partition coefficient (Wildman–Crippen LogP) is 2.17. The van der Waals surface area contributed by atoms with Gasteiger partial charge in [-0.3, -0.25) is 0 Å². The highest BCUT2D eigenvalue weighted by Gasteiger charge is 2.48. The molecule has 0 saturated heterocycles. The van der Waals surface area contributed by atoms with Crippen LogP contribution < -0.4 is 4.72 Å². The molecule has 1 atom stereocenters. The number of nitrogens with one attached hydrogen (secondary N) is 1. The van der Waals surface area contributed by atoms with Crippen LogP contribution in [0.2, 0.25) is 0 Å². The minimum Gasteiger partial charge on any atom is -0.340 e. The Morgan fingerprint density at radius 1 is 1.27 bits per heavy atom. The van der Waals surface area contributed by atoms with Crippen molar-refractivity contribution in [2.75, 3.05) is 0 Å². The zero-order valence-electron chi connectivity index (χ0n) is 14.5. The summed E-state index contributed by atoms with van der Waals surface area (Å²) < 4.78 is 35.3. The second-order valence-electron chi connectivity index (χ2n) is 6.68. The third-order valence-electron chi connectivity index (χ3n) is 4.62. The van der Waals surface area contributed by atoms with E-state index in [0.29, 0.717) is 11.7 Å². The van der Waals surface area contributed by atoms with Gasteiger partial charge in [0.25, 0.3) is 0 Å². The molecule has 0 radical (unpaired) electrons. The summed E-state index contributed by atoms with van der Waals surface area (Å²) in [5.74, 6) is 0.901. The van der Waals surface area contributed by atoms with Gasteiger partial charge in [0.1, 0.15) is 4.90 Å². The summed E-state index contributed by atoms with van der Waals surface area (Å²) in [4.78, 5) is 4.34. The lowest BCUT2D eigenvalue weighted by Crippen LogP contribution is -2.46. The molecule has 3 aromatic rings. The molecule has 1 aliphatic rings. The van der Waals surface area contributed by atoms with E-state index >= 15 is 0 Å². The third kappa shape index (κ3) is 3.04. The lowest BCUT2D eigenvalue weighted by Gasteiger charge is -2.26. The molecule has 1 aliphatic carbocycles. The number of nitrogens with zero attached hydrogens (tertiary/aromatic N) is 4. The summed E-state index contributed by atoms with van der Waals surface area (Å²) in [5.41, 5.74) is -0.126. The Hall–Kier alpha value is -2.52. The summed E-state index contributed by atoms with van der Waals surface area (Å²) >= 11 is 0. The number of hydrogen-bond acceptors (Lipinski definition) is 6. The maximum atomic E-state index is 13.0. The molecule has 1 N–H and O–H groups in total. The fraction of sp³-hybridized carbons (Fsp3) is 0.353. The summed E-state index contributed by atoms with van der Waals surface area (Å²) in [6, 6.07) is 9.33. The first kappa shape index (κ1) is 16.9. The summed E-state index contributed by atoms with van der Waals surface area (Å²) in [6.45, 7) is 3.48. The van der Waals surface area contributed by atoms with Gasteiger partial charge < -0.3 is 4.52 Å². The second-order valence-corrected chi connectivity index (χ2v) is 8.36. The molecule has 4 rings (SSSR count). The minimum absolute atomic E-state index is 0.0912. The van der Waals surface area contributed by atoms with Crippen LogP contribution in [-0.4, -0.2) is 28.3 Å². The van der Waals surface area contributed by atoms with E-state index in [0.717, 1.165) is 18.5 Å². The fourth-order valence-electron chi connectivity index (χ4n) is 2.99. The highest BCUT2D eigenvalue weighted by molar-refractivity contribution is 7.89. The van der Waals surface area contributed by atoms with Crippen LogP contribution in [0.25, 0.3) is 5.69 Å². The van der Waals surface area contributed by atoms with Crippen molar-refractivity contribution in [3.63, 3.8) is 0 Å². The first-order chi connectivity index (χ1) is 12.4. The molecule has 1 unspecified atom stereocenters. The van der Waals surface area contributed by atoms with E-state index in [4.69, 9.17) is 4.52 Å². The van der Waals surface area contributed by atoms with Crippen LogP contribution in [0.1, 0.15) is 31.5 Å². The van der Waals surface area contributed by atoms with Gasteiger partial charge in [0.2, 0.25) is 15.9 Å². The van der Waals surface area contributed by atoms with Gasteiger partial charge in [-0.05, 0) is 37.8 Å². The van der Waals surface area contributed by atoms with Crippen LogP contribution in [0.5, 0.6) is 0 Å². The van der Waals surface area contributed by atoms with Crippen molar-refractivity contribution in [2.45, 2.75) is 37.1 Å². The minimum atomic E-state index is -3.80. The maximum absolute atomic E-state index is 13.0. The number of hydrogen-bond donors (Lipinski definition) is 1. The molecule has 1 aromatic carbocycles. The molecular weight excluding hydrogens is 354 g/mol. The molecule has 9 heteroatoms. The smallest absolute Gasteiger partial charge is 0.244 e. The van der Waals surface area contributed by atoms with E-state index in [9.17, 15) is 8.42 Å². The van der Waals surface area contributed by atoms with E-state index in [-0.39, 0.29) is 10.8 Å². The Kier molecular flexibility index (Phi) is 3.92. The Morgan fingerprint density at radius 3 is 2.62 bits per heavy atom. The Morgan fingerprint density at radius 2 is 2.00 bits per heavy atom. The van der Waals surface area contributed by atoms with Gasteiger partial charge in [-0.1, -0.05) is 23.4 Å². The quantitative estimate of drug-likeness (QED) is 0.710. The molecule has 8 nitrogen and oxygen atoms in total. The van der Waals surface area contributed by atoms with E-state index in [1.165, 1.54) is 17.1 Å². The van der Waals surface area contributed by atoms with Crippen molar-refractivity contribution < 1.29 is 12.9 Å². The van der Waals surface area contributed by atoms with Crippen LogP contribution in [0.15, 0.2) is 52.1 Å². The predicted molar refractivity (Wildman–Crippen MR) is 93.0 cm³/mol. The van der Waals surface area contributed by atoms with Crippen LogP contribution in [0.3, 0.4) is 0 Å². The monoisotopic (exact) mass is 373 g/mol. The van der Waals surface area contributed by atoms with Gasteiger partial charge in [0.15, 0.2) is 5.82 Å². The zero-order chi connectivity index (χ0) is 18.4. The molecule has 2 aromatic heterocycles. The molecular formula is C17H19N5O3S. The SMILES string of the molecule is Cc1nc(C(C)(NS(=O)(=O)c2cnn(-c3ccccc3)c2)C2CC2)no1.